The highest BCUT2D eigenvalue weighted by Crippen LogP contribution is 2.51. The van der Waals surface area contributed by atoms with E-state index >= 15 is 0 Å². The van der Waals surface area contributed by atoms with Gasteiger partial charge in [-0.05, 0) is 173 Å². The van der Waals surface area contributed by atoms with Gasteiger partial charge in [-0.2, -0.15) is 39.5 Å². The summed E-state index contributed by atoms with van der Waals surface area (Å²) in [7, 11) is 0. The number of allylic oxidation sites excluding steroid dienone is 1. The first-order chi connectivity index (χ1) is 49.4. The Morgan fingerprint density at radius 3 is 1.20 bits per heavy atom. The molecule has 9 amide bonds. The maximum absolute atomic E-state index is 13.2. The largest absolute Gasteiger partial charge is 0.493 e. The van der Waals surface area contributed by atoms with E-state index in [2.05, 4.69) is 31.9 Å². The number of carbonyl (C=O) groups is 6. The molecule has 0 bridgehead atoms. The molecular formula is C75H76F9N9O12. The smallest absolute Gasteiger partial charge is 0.416 e. The van der Waals surface area contributed by atoms with Gasteiger partial charge >= 0.3 is 36.6 Å². The van der Waals surface area contributed by atoms with Crippen molar-refractivity contribution in [2.45, 2.75) is 147 Å². The number of β-amino-alcohol motifs (C(OH)–C–C–N with tert-alkyl or cyclic N) is 3. The van der Waals surface area contributed by atoms with E-state index < -0.39 is 82.5 Å². The van der Waals surface area contributed by atoms with Crippen LogP contribution in [0.4, 0.5) is 88.0 Å². The lowest BCUT2D eigenvalue weighted by Gasteiger charge is -2.46. The first-order valence-electron chi connectivity index (χ1n) is 33.7. The highest BCUT2D eigenvalue weighted by molar-refractivity contribution is 6.07. The number of hydrogen-bond donors (Lipinski definition) is 9. The SMILES string of the molecule is C[C@@H](O)CN1Cc2ccc(NC(=O)/C=C3\CC(C)(C)Oc4cc(C(F)(F)F)ccc43)cc2NC1=O.C[C@@H](O)CN1Cc2ccc(NC(=O)/C=C3\CCCOc4cc(C(F)(F)F)ccc43)cc2NC1=O.C[C@H](O)CN1Cc2ccc(NC(=O)/C=C3\CC4(CCC4)Oc4cc(C(F)(F)F)ccc43)cc2NC1=O. The van der Waals surface area contributed by atoms with Crippen LogP contribution in [-0.2, 0) is 52.5 Å². The number of fused-ring (bicyclic) bond motifs is 6. The van der Waals surface area contributed by atoms with Crippen molar-refractivity contribution in [3.63, 3.8) is 0 Å². The summed E-state index contributed by atoms with van der Waals surface area (Å²) in [5.41, 5.74) is 4.94. The first-order valence-corrected chi connectivity index (χ1v) is 33.7. The van der Waals surface area contributed by atoms with Crippen LogP contribution < -0.4 is 46.1 Å². The molecule has 556 valence electrons. The third-order valence-electron chi connectivity index (χ3n) is 18.1. The standard InChI is InChI=1S/C26H26F3N3O4.C25H26F3N3O4.C24H24F3N3O4/c1-15(33)13-32-14-16-3-5-19(11-21(16)31-24(32)35)30-23(34)9-17-12-25(7-2-8-25)36-22-10-18(26(27,28)29)4-6-20(17)22;1-14(32)12-31-13-15-4-6-18(10-20(15)30-23(31)34)29-22(33)8-16-11-24(2,3)35-21-9-17(25(26,27)28)5-7-19(16)21;1-14(31)12-30-13-16-4-6-18(11-20(16)29-23(30)33)28-22(32)9-15-3-2-8-34-21-10-17(24(25,26)27)5-7-19(15)21/h3-6,9-11,15,33H,2,7-8,12-14H2,1H3,(H,30,34)(H,31,35);4-10,14,32H,11-13H2,1-3H3,(H,29,33)(H,30,34);4-7,9-11,14,31H,2-3,8,12-13H2,1H3,(H,28,32)(H,29,33)/b17-9+;16-8+;15-9+/t15-;2*14-/m011/s1. The van der Waals surface area contributed by atoms with Crippen molar-refractivity contribution < 1.29 is 97.8 Å². The number of benzene rings is 6. The third-order valence-corrected chi connectivity index (χ3v) is 18.1. The highest BCUT2D eigenvalue weighted by Gasteiger charge is 2.45. The fourth-order valence-electron chi connectivity index (χ4n) is 13.2. The molecule has 1 spiro atoms. The Morgan fingerprint density at radius 2 is 0.838 bits per heavy atom. The summed E-state index contributed by atoms with van der Waals surface area (Å²) in [6.07, 6.45) is -7.13. The molecule has 0 radical (unpaired) electrons. The first kappa shape index (κ1) is 75.6. The molecule has 3 atom stereocenters. The van der Waals surface area contributed by atoms with Crippen molar-refractivity contribution in [3.05, 3.63) is 177 Å². The van der Waals surface area contributed by atoms with Gasteiger partial charge in [-0.1, -0.05) is 36.4 Å². The number of nitrogens with zero attached hydrogens (tertiary/aromatic N) is 3. The van der Waals surface area contributed by atoms with Crippen molar-refractivity contribution >= 4 is 86.7 Å². The van der Waals surface area contributed by atoms with Gasteiger partial charge in [-0.25, -0.2) is 14.4 Å². The third kappa shape index (κ3) is 18.7. The van der Waals surface area contributed by atoms with Crippen molar-refractivity contribution in [1.29, 1.82) is 0 Å². The Balaban J connectivity index is 0.000000158. The number of rotatable bonds is 12. The number of nitrogens with one attached hydrogen (secondary N) is 6. The normalized spacial score (nSPS) is 18.9. The van der Waals surface area contributed by atoms with Crippen LogP contribution in [0.1, 0.15) is 130 Å². The topological polar surface area (TPSA) is 273 Å². The monoisotopic (exact) mass is 1470 g/mol. The predicted octanol–water partition coefficient (Wildman–Crippen LogP) is 14.8. The van der Waals surface area contributed by atoms with Gasteiger partial charge in [0, 0.05) is 121 Å². The van der Waals surface area contributed by atoms with Crippen LogP contribution in [0.2, 0.25) is 0 Å². The quantitative estimate of drug-likeness (QED) is 0.0409. The fraction of sp³-hybridized carbons (Fsp3) is 0.360. The maximum atomic E-state index is 13.2. The second kappa shape index (κ2) is 30.2. The molecule has 7 aliphatic rings. The zero-order chi connectivity index (χ0) is 75.7. The fourth-order valence-corrected chi connectivity index (χ4v) is 13.2. The van der Waals surface area contributed by atoms with E-state index in [0.29, 0.717) is 113 Å². The number of hydrogen-bond acceptors (Lipinski definition) is 12. The number of anilines is 6. The van der Waals surface area contributed by atoms with Crippen LogP contribution in [0.3, 0.4) is 0 Å². The van der Waals surface area contributed by atoms with Gasteiger partial charge in [0.25, 0.3) is 0 Å². The van der Waals surface area contributed by atoms with Crippen LogP contribution in [0.15, 0.2) is 127 Å². The number of halogens is 9. The molecule has 9 N–H and O–H groups in total. The second-order valence-electron chi connectivity index (χ2n) is 27.5. The Bertz CT molecular complexity index is 4490. The minimum Gasteiger partial charge on any atom is -0.493 e. The van der Waals surface area contributed by atoms with Crippen molar-refractivity contribution in [1.82, 2.24) is 14.7 Å². The number of amides is 9. The van der Waals surface area contributed by atoms with Crippen LogP contribution in [-0.4, -0.2) is 122 Å². The van der Waals surface area contributed by atoms with E-state index in [4.69, 9.17) is 14.2 Å². The zero-order valence-corrected chi connectivity index (χ0v) is 57.5. The van der Waals surface area contributed by atoms with Crippen LogP contribution in [0.5, 0.6) is 17.2 Å². The Labute approximate surface area is 597 Å². The molecule has 1 fully saturated rings. The van der Waals surface area contributed by atoms with E-state index in [0.717, 1.165) is 72.4 Å². The molecule has 21 nitrogen and oxygen atoms in total. The molecule has 0 unspecified atom stereocenters. The molecule has 1 aliphatic carbocycles. The van der Waals surface area contributed by atoms with Gasteiger partial charge in [-0.15, -0.1) is 0 Å². The molecule has 6 aliphatic heterocycles. The molecule has 105 heavy (non-hydrogen) atoms. The lowest BCUT2D eigenvalue weighted by atomic mass is 9.72. The Morgan fingerprint density at radius 1 is 0.486 bits per heavy atom. The minimum absolute atomic E-state index is 0.0772. The van der Waals surface area contributed by atoms with Crippen molar-refractivity contribution in [3.8, 4) is 17.2 Å². The van der Waals surface area contributed by atoms with Gasteiger partial charge in [-0.3, -0.25) is 14.4 Å². The van der Waals surface area contributed by atoms with Crippen molar-refractivity contribution in [2.24, 2.45) is 0 Å². The average molecular weight is 1470 g/mol. The molecule has 1 saturated carbocycles. The number of ether oxygens (including phenoxy) is 3. The molecular weight excluding hydrogens is 1390 g/mol. The molecule has 6 aromatic carbocycles. The van der Waals surface area contributed by atoms with Crippen LogP contribution >= 0.6 is 0 Å². The molecule has 6 aromatic rings. The summed E-state index contributed by atoms with van der Waals surface area (Å²) in [5, 5.41) is 45.2. The number of urea groups is 3. The Kier molecular flexibility index (Phi) is 21.8. The van der Waals surface area contributed by atoms with E-state index in [9.17, 15) is 83.6 Å². The summed E-state index contributed by atoms with van der Waals surface area (Å²) in [5.74, 6) is -1.00. The van der Waals surface area contributed by atoms with E-state index in [-0.39, 0.29) is 61.6 Å². The minimum atomic E-state index is -4.50. The molecule has 0 saturated heterocycles. The second-order valence-corrected chi connectivity index (χ2v) is 27.5. The summed E-state index contributed by atoms with van der Waals surface area (Å²) in [6.45, 7) is 10.2. The number of alkyl halides is 9. The summed E-state index contributed by atoms with van der Waals surface area (Å²) < 4.78 is 136. The van der Waals surface area contributed by atoms with Crippen LogP contribution in [0.25, 0.3) is 16.7 Å². The van der Waals surface area contributed by atoms with E-state index in [1.807, 2.05) is 0 Å². The lowest BCUT2D eigenvalue weighted by Crippen LogP contribution is -2.45. The summed E-state index contributed by atoms with van der Waals surface area (Å²) in [4.78, 5) is 79.7. The molecule has 13 rings (SSSR count). The zero-order valence-electron chi connectivity index (χ0n) is 57.5. The highest BCUT2D eigenvalue weighted by atomic mass is 19.4. The number of carbonyl (C=O) groups excluding carboxylic acids is 6. The van der Waals surface area contributed by atoms with Gasteiger partial charge in [0.1, 0.15) is 28.5 Å². The number of aliphatic hydroxyl groups is 3. The van der Waals surface area contributed by atoms with E-state index in [1.165, 1.54) is 51.1 Å². The average Bonchev–Trinajstić information content (AvgIpc) is 1.19. The van der Waals surface area contributed by atoms with Crippen LogP contribution in [0, 0.1) is 0 Å². The molecule has 30 heteroatoms. The number of aliphatic hydroxyl groups excluding tert-OH is 3. The van der Waals surface area contributed by atoms with Gasteiger partial charge < -0.3 is 76.1 Å². The summed E-state index contributed by atoms with van der Waals surface area (Å²) in [6, 6.07) is 24.3. The maximum Gasteiger partial charge on any atom is 0.416 e. The summed E-state index contributed by atoms with van der Waals surface area (Å²) >= 11 is 0. The van der Waals surface area contributed by atoms with Gasteiger partial charge in [0.05, 0.1) is 41.6 Å². The van der Waals surface area contributed by atoms with E-state index in [1.54, 1.807) is 89.2 Å². The van der Waals surface area contributed by atoms with Gasteiger partial charge in [0.15, 0.2) is 0 Å². The van der Waals surface area contributed by atoms with Gasteiger partial charge in [0.2, 0.25) is 17.7 Å². The molecule has 0 aromatic heterocycles. The Hall–Kier alpha value is -10.6. The van der Waals surface area contributed by atoms with Crippen molar-refractivity contribution in [2.75, 3.05) is 58.1 Å². The predicted molar refractivity (Wildman–Crippen MR) is 373 cm³/mol. The lowest BCUT2D eigenvalue weighted by molar-refractivity contribution is -0.138. The molecule has 6 heterocycles.